The second-order valence-electron chi connectivity index (χ2n) is 4.16. The molecule has 0 amide bonds. The molecule has 100 valence electrons. The van der Waals surface area contributed by atoms with E-state index in [1.165, 1.54) is 18.3 Å². The van der Waals surface area contributed by atoms with Crippen molar-refractivity contribution in [2.75, 3.05) is 0 Å². The molecule has 0 atom stereocenters. The lowest BCUT2D eigenvalue weighted by molar-refractivity contribution is 0.266. The highest BCUT2D eigenvalue weighted by Crippen LogP contribution is 2.10. The second-order valence-corrected chi connectivity index (χ2v) is 5.69. The summed E-state index contributed by atoms with van der Waals surface area (Å²) in [6.45, 7) is 3.43. The summed E-state index contributed by atoms with van der Waals surface area (Å²) in [7, 11) is -4.01. The Balaban J connectivity index is 2.39. The molecule has 6 heteroatoms. The average Bonchev–Trinajstić information content (AvgIpc) is 2.35. The van der Waals surface area contributed by atoms with Crippen LogP contribution in [-0.2, 0) is 10.1 Å². The van der Waals surface area contributed by atoms with Gasteiger partial charge in [-0.25, -0.2) is 0 Å². The fraction of sp³-hybridized carbons (Fsp3) is 0.154. The minimum absolute atomic E-state index is 0.00602. The topological polar surface area (TPSA) is 65.4 Å². The van der Waals surface area contributed by atoms with E-state index in [1.807, 2.05) is 6.92 Å². The number of aryl methyl sites for hydroxylation is 2. The van der Waals surface area contributed by atoms with Gasteiger partial charge in [0, 0.05) is 11.8 Å². The van der Waals surface area contributed by atoms with Gasteiger partial charge in [-0.2, -0.15) is 8.42 Å². The quantitative estimate of drug-likeness (QED) is 0.849. The third-order valence-corrected chi connectivity index (χ3v) is 3.80. The Morgan fingerprint density at radius 3 is 2.32 bits per heavy atom. The molecule has 19 heavy (non-hydrogen) atoms. The third-order valence-electron chi connectivity index (χ3n) is 2.59. The van der Waals surface area contributed by atoms with Crippen LogP contribution in [0.2, 0.25) is 0 Å². The highest BCUT2D eigenvalue weighted by atomic mass is 32.2. The Morgan fingerprint density at radius 2 is 1.68 bits per heavy atom. The van der Waals surface area contributed by atoms with E-state index in [-0.39, 0.29) is 4.90 Å². The van der Waals surface area contributed by atoms with Crippen LogP contribution in [-0.4, -0.2) is 13.1 Å². The van der Waals surface area contributed by atoms with Gasteiger partial charge in [-0.15, -0.1) is 4.73 Å². The molecule has 1 aromatic carbocycles. The fourth-order valence-electron chi connectivity index (χ4n) is 1.49. The molecule has 1 aromatic heterocycles. The van der Waals surface area contributed by atoms with Crippen LogP contribution in [0.3, 0.4) is 0 Å². The summed E-state index contributed by atoms with van der Waals surface area (Å²) in [5.41, 5.74) is 0.839. The molecule has 0 unspecified atom stereocenters. The maximum Gasteiger partial charge on any atom is 0.357 e. The maximum atomic E-state index is 12.0. The normalized spacial score (nSPS) is 11.3. The first-order valence-electron chi connectivity index (χ1n) is 5.60. The SMILES string of the molecule is Cc1ccc(S(=O)(=O)On2cccc(C)c2=O)cc1. The second kappa shape index (κ2) is 4.89. The summed E-state index contributed by atoms with van der Waals surface area (Å²) in [5.74, 6) is 0. The number of rotatable bonds is 3. The lowest BCUT2D eigenvalue weighted by Gasteiger charge is -2.08. The number of hydrogen-bond donors (Lipinski definition) is 0. The Labute approximate surface area is 111 Å². The van der Waals surface area contributed by atoms with Crippen molar-refractivity contribution >= 4 is 10.1 Å². The fourth-order valence-corrected chi connectivity index (χ4v) is 2.38. The van der Waals surface area contributed by atoms with Gasteiger partial charge in [-0.1, -0.05) is 23.8 Å². The Hall–Kier alpha value is -2.08. The summed E-state index contributed by atoms with van der Waals surface area (Å²) in [5, 5.41) is 0. The van der Waals surface area contributed by atoms with Crippen molar-refractivity contribution in [1.82, 2.24) is 4.73 Å². The lowest BCUT2D eigenvalue weighted by atomic mass is 10.2. The van der Waals surface area contributed by atoms with Crippen LogP contribution in [0.5, 0.6) is 0 Å². The van der Waals surface area contributed by atoms with Crippen LogP contribution >= 0.6 is 0 Å². The predicted molar refractivity (Wildman–Crippen MR) is 70.4 cm³/mol. The summed E-state index contributed by atoms with van der Waals surface area (Å²) in [6.07, 6.45) is 1.26. The van der Waals surface area contributed by atoms with E-state index in [0.717, 1.165) is 5.56 Å². The van der Waals surface area contributed by atoms with Gasteiger partial charge < -0.3 is 0 Å². The van der Waals surface area contributed by atoms with Crippen molar-refractivity contribution < 1.29 is 12.7 Å². The summed E-state index contributed by atoms with van der Waals surface area (Å²) in [4.78, 5) is 11.7. The first kappa shape index (κ1) is 13.4. The molecule has 0 aliphatic rings. The molecule has 0 N–H and O–H groups in total. The largest absolute Gasteiger partial charge is 0.357 e. The molecule has 5 nitrogen and oxygen atoms in total. The van der Waals surface area contributed by atoms with Crippen LogP contribution in [0, 0.1) is 13.8 Å². The number of aromatic nitrogens is 1. The molecule has 0 saturated heterocycles. The van der Waals surface area contributed by atoms with Crippen molar-refractivity contribution in [3.63, 3.8) is 0 Å². The van der Waals surface area contributed by atoms with E-state index in [1.54, 1.807) is 31.2 Å². The van der Waals surface area contributed by atoms with E-state index in [9.17, 15) is 13.2 Å². The Bertz CT molecular complexity index is 745. The molecule has 0 bridgehead atoms. The molecule has 1 heterocycles. The van der Waals surface area contributed by atoms with Gasteiger partial charge in [0.15, 0.2) is 0 Å². The molecule has 0 saturated carbocycles. The van der Waals surface area contributed by atoms with Gasteiger partial charge in [0.25, 0.3) is 5.56 Å². The van der Waals surface area contributed by atoms with Crippen molar-refractivity contribution in [3.05, 3.63) is 64.1 Å². The standard InChI is InChI=1S/C13H13NO4S/c1-10-5-7-12(8-6-10)19(16,17)18-14-9-3-4-11(2)13(14)15/h3-9H,1-2H3. The average molecular weight is 279 g/mol. The summed E-state index contributed by atoms with van der Waals surface area (Å²) >= 11 is 0. The van der Waals surface area contributed by atoms with Crippen LogP contribution < -0.4 is 9.84 Å². The van der Waals surface area contributed by atoms with Crippen LogP contribution in [0.4, 0.5) is 0 Å². The number of nitrogens with zero attached hydrogens (tertiary/aromatic N) is 1. The van der Waals surface area contributed by atoms with Crippen LogP contribution in [0.1, 0.15) is 11.1 Å². The predicted octanol–water partition coefficient (Wildman–Crippen LogP) is 1.28. The first-order chi connectivity index (χ1) is 8.90. The number of hydrogen-bond acceptors (Lipinski definition) is 4. The van der Waals surface area contributed by atoms with Crippen molar-refractivity contribution in [3.8, 4) is 0 Å². The zero-order valence-corrected chi connectivity index (χ0v) is 11.3. The van der Waals surface area contributed by atoms with E-state index in [2.05, 4.69) is 0 Å². The van der Waals surface area contributed by atoms with Crippen LogP contribution in [0.15, 0.2) is 52.3 Å². The maximum absolute atomic E-state index is 12.0. The Morgan fingerprint density at radius 1 is 1.05 bits per heavy atom. The minimum Gasteiger partial charge on any atom is -0.281 e. The van der Waals surface area contributed by atoms with E-state index in [0.29, 0.717) is 10.3 Å². The molecule has 0 aliphatic carbocycles. The molecule has 2 aromatic rings. The van der Waals surface area contributed by atoms with Gasteiger partial charge in [0.2, 0.25) is 0 Å². The minimum atomic E-state index is -4.01. The van der Waals surface area contributed by atoms with Crippen molar-refractivity contribution in [1.29, 1.82) is 0 Å². The number of pyridine rings is 1. The molecular formula is C13H13NO4S. The zero-order valence-electron chi connectivity index (χ0n) is 10.5. The summed E-state index contributed by atoms with van der Waals surface area (Å²) < 4.78 is 29.5. The molecular weight excluding hydrogens is 266 g/mol. The van der Waals surface area contributed by atoms with Gasteiger partial charge in [-0.3, -0.25) is 9.08 Å². The van der Waals surface area contributed by atoms with E-state index >= 15 is 0 Å². The molecule has 0 aliphatic heterocycles. The highest BCUT2D eigenvalue weighted by molar-refractivity contribution is 7.87. The van der Waals surface area contributed by atoms with E-state index in [4.69, 9.17) is 4.28 Å². The monoisotopic (exact) mass is 279 g/mol. The third kappa shape index (κ3) is 2.85. The van der Waals surface area contributed by atoms with Gasteiger partial charge in [0.05, 0.1) is 0 Å². The van der Waals surface area contributed by atoms with Crippen molar-refractivity contribution in [2.45, 2.75) is 18.7 Å². The highest BCUT2D eigenvalue weighted by Gasteiger charge is 2.17. The smallest absolute Gasteiger partial charge is 0.281 e. The van der Waals surface area contributed by atoms with Crippen LogP contribution in [0.25, 0.3) is 0 Å². The Kier molecular flexibility index (Phi) is 3.44. The molecule has 0 fully saturated rings. The van der Waals surface area contributed by atoms with Gasteiger partial charge >= 0.3 is 10.1 Å². The van der Waals surface area contributed by atoms with Crippen molar-refractivity contribution in [2.24, 2.45) is 0 Å². The molecule has 0 radical (unpaired) electrons. The van der Waals surface area contributed by atoms with Gasteiger partial charge in [-0.05, 0) is 32.0 Å². The molecule has 2 rings (SSSR count). The van der Waals surface area contributed by atoms with E-state index < -0.39 is 15.7 Å². The first-order valence-corrected chi connectivity index (χ1v) is 7.01. The number of benzene rings is 1. The zero-order chi connectivity index (χ0) is 14.0. The summed E-state index contributed by atoms with van der Waals surface area (Å²) in [6, 6.07) is 9.32. The van der Waals surface area contributed by atoms with Gasteiger partial charge in [0.1, 0.15) is 4.90 Å². The molecule has 0 spiro atoms. The lowest BCUT2D eigenvalue weighted by Crippen LogP contribution is -2.31.